The first-order chi connectivity index (χ1) is 13.7. The van der Waals surface area contributed by atoms with E-state index in [0.29, 0.717) is 5.82 Å². The lowest BCUT2D eigenvalue weighted by Gasteiger charge is -2.06. The van der Waals surface area contributed by atoms with Crippen molar-refractivity contribution in [2.24, 2.45) is 0 Å². The van der Waals surface area contributed by atoms with Gasteiger partial charge in [-0.3, -0.25) is 0 Å². The molecule has 0 aliphatic rings. The highest BCUT2D eigenvalue weighted by Gasteiger charge is 2.16. The van der Waals surface area contributed by atoms with Crippen LogP contribution in [0.25, 0.3) is 33.9 Å². The fraction of sp³-hybridized carbons (Fsp3) is 0.0870. The molecular weight excluding hydrogens is 352 g/mol. The van der Waals surface area contributed by atoms with Crippen molar-refractivity contribution in [2.45, 2.75) is 0 Å². The molecule has 0 aliphatic carbocycles. The van der Waals surface area contributed by atoms with Crippen LogP contribution in [0.4, 0.5) is 0 Å². The lowest BCUT2D eigenvalue weighted by Crippen LogP contribution is -1.87. The highest BCUT2D eigenvalue weighted by molar-refractivity contribution is 5.81. The summed E-state index contributed by atoms with van der Waals surface area (Å²) < 4.78 is 10.5. The van der Waals surface area contributed by atoms with Crippen molar-refractivity contribution in [1.29, 1.82) is 0 Å². The molecule has 0 amide bonds. The Morgan fingerprint density at radius 1 is 0.750 bits per heavy atom. The number of methoxy groups -OCH3 is 2. The number of ether oxygens (including phenoxy) is 2. The second-order valence-corrected chi connectivity index (χ2v) is 6.32. The van der Waals surface area contributed by atoms with E-state index in [1.54, 1.807) is 32.4 Å². The van der Waals surface area contributed by atoms with Gasteiger partial charge < -0.3 is 19.6 Å². The molecule has 5 nitrogen and oxygen atoms in total. The van der Waals surface area contributed by atoms with Gasteiger partial charge in [-0.05, 0) is 60.7 Å². The molecule has 0 fully saturated rings. The van der Waals surface area contributed by atoms with Gasteiger partial charge in [0.05, 0.1) is 25.6 Å². The Bertz CT molecular complexity index is 1020. The van der Waals surface area contributed by atoms with Crippen LogP contribution in [0.1, 0.15) is 0 Å². The summed E-state index contributed by atoms with van der Waals surface area (Å²) in [5.41, 5.74) is 4.49. The minimum Gasteiger partial charge on any atom is -0.508 e. The first kappa shape index (κ1) is 17.7. The predicted molar refractivity (Wildman–Crippen MR) is 110 cm³/mol. The number of aromatic amines is 1. The van der Waals surface area contributed by atoms with Crippen molar-refractivity contribution in [3.8, 4) is 51.2 Å². The van der Waals surface area contributed by atoms with E-state index in [0.717, 1.165) is 39.6 Å². The zero-order valence-corrected chi connectivity index (χ0v) is 15.6. The van der Waals surface area contributed by atoms with Gasteiger partial charge in [0.2, 0.25) is 0 Å². The van der Waals surface area contributed by atoms with Crippen LogP contribution in [-0.4, -0.2) is 29.3 Å². The average Bonchev–Trinajstić information content (AvgIpc) is 3.19. The first-order valence-corrected chi connectivity index (χ1v) is 8.86. The number of hydrogen-bond acceptors (Lipinski definition) is 4. The van der Waals surface area contributed by atoms with Crippen LogP contribution in [-0.2, 0) is 0 Å². The molecule has 140 valence electrons. The third-order valence-corrected chi connectivity index (χ3v) is 4.57. The third kappa shape index (κ3) is 3.42. The monoisotopic (exact) mass is 372 g/mol. The molecule has 4 aromatic rings. The van der Waals surface area contributed by atoms with E-state index in [4.69, 9.17) is 14.5 Å². The molecule has 28 heavy (non-hydrogen) atoms. The van der Waals surface area contributed by atoms with E-state index in [-0.39, 0.29) is 5.75 Å². The summed E-state index contributed by atoms with van der Waals surface area (Å²) in [7, 11) is 3.29. The molecule has 0 unspecified atom stereocenters. The Labute approximate surface area is 163 Å². The van der Waals surface area contributed by atoms with Crippen LogP contribution in [0.15, 0.2) is 72.8 Å². The maximum atomic E-state index is 9.83. The van der Waals surface area contributed by atoms with Crippen molar-refractivity contribution >= 4 is 0 Å². The van der Waals surface area contributed by atoms with Crippen LogP contribution >= 0.6 is 0 Å². The number of aromatic hydroxyl groups is 1. The van der Waals surface area contributed by atoms with Gasteiger partial charge in [-0.25, -0.2) is 4.98 Å². The van der Waals surface area contributed by atoms with Crippen LogP contribution in [0.3, 0.4) is 0 Å². The highest BCUT2D eigenvalue weighted by Crippen LogP contribution is 2.35. The second-order valence-electron chi connectivity index (χ2n) is 6.32. The number of nitrogens with one attached hydrogen (secondary N) is 1. The molecule has 1 heterocycles. The van der Waals surface area contributed by atoms with Gasteiger partial charge in [-0.15, -0.1) is 0 Å². The van der Waals surface area contributed by atoms with Crippen molar-refractivity contribution in [1.82, 2.24) is 9.97 Å². The largest absolute Gasteiger partial charge is 0.508 e. The first-order valence-electron chi connectivity index (χ1n) is 8.86. The second kappa shape index (κ2) is 7.48. The quantitative estimate of drug-likeness (QED) is 0.509. The normalized spacial score (nSPS) is 10.6. The van der Waals surface area contributed by atoms with Gasteiger partial charge in [-0.2, -0.15) is 0 Å². The topological polar surface area (TPSA) is 67.4 Å². The fourth-order valence-electron chi connectivity index (χ4n) is 3.09. The lowest BCUT2D eigenvalue weighted by atomic mass is 10.0. The zero-order valence-electron chi connectivity index (χ0n) is 15.6. The highest BCUT2D eigenvalue weighted by atomic mass is 16.5. The molecule has 1 aromatic heterocycles. The minimum absolute atomic E-state index is 0.200. The third-order valence-electron chi connectivity index (χ3n) is 4.57. The molecule has 0 atom stereocenters. The number of aromatic nitrogens is 2. The van der Waals surface area contributed by atoms with Crippen LogP contribution in [0.2, 0.25) is 0 Å². The van der Waals surface area contributed by atoms with Gasteiger partial charge in [0.25, 0.3) is 0 Å². The lowest BCUT2D eigenvalue weighted by molar-refractivity contribution is 0.414. The van der Waals surface area contributed by atoms with Crippen molar-refractivity contribution in [3.63, 3.8) is 0 Å². The molecule has 3 aromatic carbocycles. The molecule has 0 spiro atoms. The molecule has 2 N–H and O–H groups in total. The molecule has 0 saturated carbocycles. The summed E-state index contributed by atoms with van der Waals surface area (Å²) in [4.78, 5) is 8.24. The number of phenolic OH excluding ortho intramolecular Hbond substituents is 1. The zero-order chi connectivity index (χ0) is 19.5. The van der Waals surface area contributed by atoms with Gasteiger partial charge in [-0.1, -0.05) is 12.1 Å². The van der Waals surface area contributed by atoms with Gasteiger partial charge in [0, 0.05) is 16.7 Å². The smallest absolute Gasteiger partial charge is 0.138 e. The van der Waals surface area contributed by atoms with Crippen molar-refractivity contribution in [3.05, 3.63) is 72.8 Å². The molecular formula is C23H20N2O3. The molecule has 0 radical (unpaired) electrons. The summed E-state index contributed by atoms with van der Waals surface area (Å²) in [5.74, 6) is 2.47. The SMILES string of the molecule is COc1ccc(-c2nc(-c3cccc(O)c3)[nH]c2-c2ccc(OC)cc2)cc1. The predicted octanol–water partition coefficient (Wildman–Crippen LogP) is 5.13. The summed E-state index contributed by atoms with van der Waals surface area (Å²) in [5, 5.41) is 9.83. The number of nitrogens with zero attached hydrogens (tertiary/aromatic N) is 1. The Kier molecular flexibility index (Phi) is 4.72. The average molecular weight is 372 g/mol. The molecule has 0 saturated heterocycles. The number of imidazole rings is 1. The summed E-state index contributed by atoms with van der Waals surface area (Å²) in [6.07, 6.45) is 0. The van der Waals surface area contributed by atoms with Gasteiger partial charge in [0.1, 0.15) is 23.1 Å². The van der Waals surface area contributed by atoms with E-state index in [9.17, 15) is 5.11 Å². The molecule has 0 aliphatic heterocycles. The molecule has 0 bridgehead atoms. The fourth-order valence-corrected chi connectivity index (χ4v) is 3.09. The van der Waals surface area contributed by atoms with E-state index in [2.05, 4.69) is 4.98 Å². The number of H-pyrrole nitrogens is 1. The van der Waals surface area contributed by atoms with Crippen LogP contribution in [0, 0.1) is 0 Å². The van der Waals surface area contributed by atoms with E-state index >= 15 is 0 Å². The Balaban J connectivity index is 1.85. The van der Waals surface area contributed by atoms with Crippen molar-refractivity contribution in [2.75, 3.05) is 14.2 Å². The van der Waals surface area contributed by atoms with Crippen molar-refractivity contribution < 1.29 is 14.6 Å². The minimum atomic E-state index is 0.200. The van der Waals surface area contributed by atoms with Crippen LogP contribution < -0.4 is 9.47 Å². The van der Waals surface area contributed by atoms with E-state index < -0.39 is 0 Å². The maximum Gasteiger partial charge on any atom is 0.138 e. The number of phenols is 1. The molecule has 5 heteroatoms. The van der Waals surface area contributed by atoms with Gasteiger partial charge in [0.15, 0.2) is 0 Å². The summed E-state index contributed by atoms with van der Waals surface area (Å²) in [6.45, 7) is 0. The Morgan fingerprint density at radius 3 is 1.93 bits per heavy atom. The van der Waals surface area contributed by atoms with Gasteiger partial charge >= 0.3 is 0 Å². The Morgan fingerprint density at radius 2 is 1.36 bits per heavy atom. The number of rotatable bonds is 5. The van der Waals surface area contributed by atoms with Crippen LogP contribution in [0.5, 0.6) is 17.2 Å². The summed E-state index contributed by atoms with van der Waals surface area (Å²) in [6, 6.07) is 22.6. The van der Waals surface area contributed by atoms with E-state index in [1.807, 2.05) is 54.6 Å². The Hall–Kier alpha value is -3.73. The number of benzene rings is 3. The molecule has 4 rings (SSSR count). The van der Waals surface area contributed by atoms with E-state index in [1.165, 1.54) is 0 Å². The summed E-state index contributed by atoms with van der Waals surface area (Å²) >= 11 is 0. The standard InChI is InChI=1S/C23H20N2O3/c1-27-19-10-6-15(7-11-19)21-22(16-8-12-20(28-2)13-9-16)25-23(24-21)17-4-3-5-18(26)14-17/h3-14,26H,1-2H3,(H,24,25). The maximum absolute atomic E-state index is 9.83. The number of hydrogen-bond donors (Lipinski definition) is 2.